The third-order valence-corrected chi connectivity index (χ3v) is 14.2. The minimum absolute atomic E-state index is 0.630. The summed E-state index contributed by atoms with van der Waals surface area (Å²) in [6.07, 6.45) is 0. The van der Waals surface area contributed by atoms with Gasteiger partial charge in [0.05, 0.1) is 11.0 Å². The molecule has 266 valence electrons. The van der Waals surface area contributed by atoms with E-state index in [4.69, 9.17) is 15.0 Å². The van der Waals surface area contributed by atoms with Gasteiger partial charge in [0.15, 0.2) is 17.5 Å². The van der Waals surface area contributed by atoms with Crippen LogP contribution in [0.15, 0.2) is 238 Å². The fourth-order valence-corrected chi connectivity index (χ4v) is 11.7. The number of aromatic nitrogens is 4. The van der Waals surface area contributed by atoms with Gasteiger partial charge in [-0.25, -0.2) is 15.0 Å². The van der Waals surface area contributed by atoms with Crippen molar-refractivity contribution in [3.8, 4) is 39.9 Å². The van der Waals surface area contributed by atoms with Gasteiger partial charge in [-0.15, -0.1) is 10.0 Å². The van der Waals surface area contributed by atoms with Gasteiger partial charge < -0.3 is 4.57 Å². The van der Waals surface area contributed by atoms with Crippen LogP contribution in [-0.2, 0) is 0 Å². The summed E-state index contributed by atoms with van der Waals surface area (Å²) in [7, 11) is -1.91. The molecule has 0 amide bonds. The van der Waals surface area contributed by atoms with Crippen molar-refractivity contribution in [1.29, 1.82) is 0 Å². The number of benzene rings is 8. The maximum atomic E-state index is 5.27. The average Bonchev–Trinajstić information content (AvgIpc) is 3.62. The summed E-state index contributed by atoms with van der Waals surface area (Å²) in [4.78, 5) is 20.6. The Morgan fingerprint density at radius 3 is 1.32 bits per heavy atom. The van der Waals surface area contributed by atoms with Crippen LogP contribution in [0.2, 0.25) is 0 Å². The predicted octanol–water partition coefficient (Wildman–Crippen LogP) is 13.3. The van der Waals surface area contributed by atoms with Crippen LogP contribution < -0.4 is 0 Å². The van der Waals surface area contributed by atoms with Gasteiger partial charge in [-0.3, -0.25) is 0 Å². The zero-order valence-electron chi connectivity index (χ0n) is 30.5. The van der Waals surface area contributed by atoms with E-state index in [0.29, 0.717) is 17.5 Å². The topological polar surface area (TPSA) is 43.6 Å². The highest BCUT2D eigenvalue weighted by Crippen LogP contribution is 2.73. The van der Waals surface area contributed by atoms with Crippen LogP contribution >= 0.6 is 10.0 Å². The number of nitrogens with zero attached hydrogens (tertiary/aromatic N) is 4. The molecule has 10 aromatic rings. The fourth-order valence-electron chi connectivity index (χ4n) is 7.83. The van der Waals surface area contributed by atoms with Crippen molar-refractivity contribution in [2.24, 2.45) is 0 Å². The van der Waals surface area contributed by atoms with E-state index in [0.717, 1.165) is 38.8 Å². The molecule has 0 aliphatic carbocycles. The van der Waals surface area contributed by atoms with E-state index in [1.54, 1.807) is 0 Å². The second kappa shape index (κ2) is 14.3. The van der Waals surface area contributed by atoms with Crippen LogP contribution in [0.5, 0.6) is 0 Å². The first-order valence-electron chi connectivity index (χ1n) is 18.8. The molecule has 8 aromatic carbocycles. The lowest BCUT2D eigenvalue weighted by molar-refractivity contribution is 1.07. The summed E-state index contributed by atoms with van der Waals surface area (Å²) >= 11 is 0. The van der Waals surface area contributed by atoms with Gasteiger partial charge in [-0.05, 0) is 84.9 Å². The highest BCUT2D eigenvalue weighted by Gasteiger charge is 2.33. The van der Waals surface area contributed by atoms with Crippen molar-refractivity contribution < 1.29 is 0 Å². The van der Waals surface area contributed by atoms with Crippen molar-refractivity contribution in [2.75, 3.05) is 0 Å². The summed E-state index contributed by atoms with van der Waals surface area (Å²) in [5, 5.41) is 2.33. The van der Waals surface area contributed by atoms with E-state index in [-0.39, 0.29) is 0 Å². The lowest BCUT2D eigenvalue weighted by Crippen LogP contribution is -2.06. The molecule has 0 unspecified atom stereocenters. The molecule has 0 saturated carbocycles. The zero-order valence-corrected chi connectivity index (χ0v) is 31.3. The number of hydrogen-bond donors (Lipinski definition) is 0. The standard InChI is InChI=1S/C51H36N4S/c1-6-19-37(20-7-1)49-52-50(54-51(53-49)39-33-34-48-46(36-39)45-31-16-17-32-47(45)55(48)40-22-8-2-9-23-40)38-21-18-30-44(35-38)56(41-24-10-3-11-25-41,42-26-12-4-13-27-42)43-28-14-5-15-29-43/h1-36H. The molecule has 0 atom stereocenters. The second-order valence-electron chi connectivity index (χ2n) is 13.7. The van der Waals surface area contributed by atoms with Crippen LogP contribution in [0.3, 0.4) is 0 Å². The van der Waals surface area contributed by atoms with Gasteiger partial charge in [0.1, 0.15) is 0 Å². The van der Waals surface area contributed by atoms with Crippen LogP contribution in [0, 0.1) is 0 Å². The molecule has 56 heavy (non-hydrogen) atoms. The summed E-state index contributed by atoms with van der Waals surface area (Å²) < 4.78 is 2.33. The number of para-hydroxylation sites is 2. The SMILES string of the molecule is c1ccc(-c2nc(-c3cccc(S(c4ccccc4)(c4ccccc4)c4ccccc4)c3)nc(-c3ccc4c(c3)c3ccccc3n4-c3ccccc3)n2)cc1. The molecule has 4 nitrogen and oxygen atoms in total. The Hall–Kier alpha value is -7.08. The van der Waals surface area contributed by atoms with E-state index >= 15 is 0 Å². The van der Waals surface area contributed by atoms with Crippen molar-refractivity contribution in [1.82, 2.24) is 19.5 Å². The number of hydrogen-bond acceptors (Lipinski definition) is 3. The van der Waals surface area contributed by atoms with Gasteiger partial charge in [0.2, 0.25) is 0 Å². The van der Waals surface area contributed by atoms with Crippen LogP contribution in [0.4, 0.5) is 0 Å². The first kappa shape index (κ1) is 33.5. The largest absolute Gasteiger partial charge is 0.309 e. The van der Waals surface area contributed by atoms with Crippen molar-refractivity contribution >= 4 is 31.8 Å². The smallest absolute Gasteiger partial charge is 0.164 e. The Morgan fingerprint density at radius 2 is 0.732 bits per heavy atom. The fraction of sp³-hybridized carbons (Fsp3) is 0. The van der Waals surface area contributed by atoms with Crippen molar-refractivity contribution in [3.63, 3.8) is 0 Å². The molecule has 5 heteroatoms. The van der Waals surface area contributed by atoms with E-state index in [1.807, 2.05) is 18.2 Å². The minimum atomic E-state index is -1.91. The molecular weight excluding hydrogens is 701 g/mol. The highest BCUT2D eigenvalue weighted by atomic mass is 32.3. The quantitative estimate of drug-likeness (QED) is 0.156. The molecule has 2 heterocycles. The maximum absolute atomic E-state index is 5.27. The molecule has 2 aromatic heterocycles. The van der Waals surface area contributed by atoms with Crippen LogP contribution in [-0.4, -0.2) is 19.5 Å². The predicted molar refractivity (Wildman–Crippen MR) is 230 cm³/mol. The molecule has 0 bridgehead atoms. The third kappa shape index (κ3) is 5.77. The molecule has 0 N–H and O–H groups in total. The van der Waals surface area contributed by atoms with Gasteiger partial charge >= 0.3 is 0 Å². The van der Waals surface area contributed by atoms with Crippen LogP contribution in [0.1, 0.15) is 0 Å². The number of rotatable bonds is 8. The normalized spacial score (nSPS) is 11.9. The third-order valence-electron chi connectivity index (χ3n) is 10.3. The summed E-state index contributed by atoms with van der Waals surface area (Å²) in [5.41, 5.74) is 6.22. The first-order valence-corrected chi connectivity index (χ1v) is 20.4. The summed E-state index contributed by atoms with van der Waals surface area (Å²) in [5.74, 6) is 1.89. The number of fused-ring (bicyclic) bond motifs is 3. The summed E-state index contributed by atoms with van der Waals surface area (Å²) in [6.45, 7) is 0. The average molecular weight is 737 g/mol. The van der Waals surface area contributed by atoms with Crippen molar-refractivity contribution in [3.05, 3.63) is 218 Å². The van der Waals surface area contributed by atoms with Crippen LogP contribution in [0.25, 0.3) is 61.7 Å². The van der Waals surface area contributed by atoms with E-state index in [2.05, 4.69) is 205 Å². The second-order valence-corrected chi connectivity index (χ2v) is 16.8. The van der Waals surface area contributed by atoms with Gasteiger partial charge in [0.25, 0.3) is 0 Å². The Kier molecular flexibility index (Phi) is 8.55. The monoisotopic (exact) mass is 736 g/mol. The Balaban J connectivity index is 1.19. The first-order chi connectivity index (χ1) is 27.8. The van der Waals surface area contributed by atoms with E-state index in [9.17, 15) is 0 Å². The highest BCUT2D eigenvalue weighted by molar-refractivity contribution is 8.34. The molecule has 10 rings (SSSR count). The Morgan fingerprint density at radius 1 is 0.304 bits per heavy atom. The van der Waals surface area contributed by atoms with Gasteiger partial charge in [-0.1, -0.05) is 133 Å². The molecule has 0 radical (unpaired) electrons. The Labute approximate surface area is 327 Å². The minimum Gasteiger partial charge on any atom is -0.309 e. The molecule has 0 saturated heterocycles. The summed E-state index contributed by atoms with van der Waals surface area (Å²) in [6, 6.07) is 77.5. The van der Waals surface area contributed by atoms with Gasteiger partial charge in [0, 0.05) is 52.7 Å². The van der Waals surface area contributed by atoms with E-state index < -0.39 is 10.0 Å². The maximum Gasteiger partial charge on any atom is 0.164 e. The lowest BCUT2D eigenvalue weighted by atomic mass is 10.1. The van der Waals surface area contributed by atoms with Crippen molar-refractivity contribution in [2.45, 2.75) is 19.6 Å². The molecular formula is C51H36N4S. The zero-order chi connectivity index (χ0) is 37.3. The Bertz CT molecular complexity index is 2850. The lowest BCUT2D eigenvalue weighted by Gasteiger charge is -2.42. The molecule has 0 aliphatic rings. The van der Waals surface area contributed by atoms with E-state index in [1.165, 1.54) is 25.0 Å². The molecule has 0 fully saturated rings. The van der Waals surface area contributed by atoms with Gasteiger partial charge in [-0.2, -0.15) is 0 Å². The molecule has 0 spiro atoms. The molecule has 0 aliphatic heterocycles.